The molecule has 2 heterocycles. The molecule has 4 rings (SSSR count). The molecule has 0 bridgehead atoms. The van der Waals surface area contributed by atoms with Crippen LogP contribution in [0.4, 0.5) is 5.69 Å². The largest absolute Gasteiger partial charge is 0.493 e. The summed E-state index contributed by atoms with van der Waals surface area (Å²) >= 11 is 7.88. The normalized spacial score (nSPS) is 14.2. The molecule has 0 saturated heterocycles. The van der Waals surface area contributed by atoms with E-state index in [-0.39, 0.29) is 10.8 Å². The van der Waals surface area contributed by atoms with E-state index in [9.17, 15) is 9.90 Å². The Labute approximate surface area is 170 Å². The maximum absolute atomic E-state index is 12.3. The third-order valence-corrected chi connectivity index (χ3v) is 5.98. The van der Waals surface area contributed by atoms with Gasteiger partial charge in [0.1, 0.15) is 0 Å². The Hall–Kier alpha value is -1.96. The van der Waals surface area contributed by atoms with Crippen LogP contribution in [0.1, 0.15) is 16.0 Å². The summed E-state index contributed by atoms with van der Waals surface area (Å²) in [6.45, 7) is 0.327. The lowest BCUT2D eigenvalue weighted by atomic mass is 10.1. The lowest BCUT2D eigenvalue weighted by molar-refractivity contribution is 0.420. The molecule has 0 atom stereocenters. The van der Waals surface area contributed by atoms with Gasteiger partial charge in [0.25, 0.3) is 0 Å². The summed E-state index contributed by atoms with van der Waals surface area (Å²) < 4.78 is 3.31. The first-order valence-electron chi connectivity index (χ1n) is 7.74. The molecule has 2 aromatic carbocycles. The number of benzene rings is 2. The Morgan fingerprint density at radius 1 is 1.12 bits per heavy atom. The molecule has 1 aliphatic rings. The maximum atomic E-state index is 12.3. The van der Waals surface area contributed by atoms with Crippen LogP contribution in [-0.4, -0.2) is 15.9 Å². The number of nitrogens with zero attached hydrogens (tertiary/aromatic N) is 2. The third kappa shape index (κ3) is 3.34. The number of aliphatic imine (C=N–C) groups is 1. The topological polar surface area (TPSA) is 54.6 Å². The highest BCUT2D eigenvalue weighted by atomic mass is 79.9. The fourth-order valence-corrected chi connectivity index (χ4v) is 4.20. The SMILES string of the molecule is O=c1sc(/C=C2\C=Nc3ccc(Br)cc32)c(O)n1Cc1ccc(Br)cc1. The average Bonchev–Trinajstić information content (AvgIpc) is 3.13. The van der Waals surface area contributed by atoms with Crippen molar-refractivity contribution < 1.29 is 5.11 Å². The van der Waals surface area contributed by atoms with Crippen molar-refractivity contribution in [3.05, 3.63) is 77.1 Å². The van der Waals surface area contributed by atoms with Gasteiger partial charge in [-0.05, 0) is 42.0 Å². The number of halogens is 2. The van der Waals surface area contributed by atoms with Crippen LogP contribution in [0.25, 0.3) is 11.6 Å². The van der Waals surface area contributed by atoms with E-state index in [2.05, 4.69) is 36.9 Å². The summed E-state index contributed by atoms with van der Waals surface area (Å²) in [5, 5.41) is 10.6. The number of thiazole rings is 1. The molecule has 3 aromatic rings. The lowest BCUT2D eigenvalue weighted by Crippen LogP contribution is -2.13. The number of aromatic nitrogens is 1. The van der Waals surface area contributed by atoms with E-state index in [4.69, 9.17) is 0 Å². The Kier molecular flexibility index (Phi) is 4.69. The Balaban J connectivity index is 1.70. The van der Waals surface area contributed by atoms with Crippen molar-refractivity contribution in [2.24, 2.45) is 4.99 Å². The van der Waals surface area contributed by atoms with Crippen LogP contribution in [-0.2, 0) is 6.54 Å². The zero-order valence-electron chi connectivity index (χ0n) is 13.3. The first-order valence-corrected chi connectivity index (χ1v) is 10.1. The Bertz CT molecular complexity index is 1110. The summed E-state index contributed by atoms with van der Waals surface area (Å²) in [6.07, 6.45) is 3.56. The van der Waals surface area contributed by atoms with Crippen molar-refractivity contribution in [3.63, 3.8) is 0 Å². The smallest absolute Gasteiger partial charge is 0.310 e. The zero-order chi connectivity index (χ0) is 18.3. The van der Waals surface area contributed by atoms with Crippen LogP contribution >= 0.6 is 43.2 Å². The minimum absolute atomic E-state index is 0.0211. The van der Waals surface area contributed by atoms with E-state index in [1.807, 2.05) is 42.5 Å². The molecule has 130 valence electrons. The van der Waals surface area contributed by atoms with Gasteiger partial charge in [0, 0.05) is 26.3 Å². The molecule has 4 nitrogen and oxygen atoms in total. The first kappa shape index (κ1) is 17.5. The van der Waals surface area contributed by atoms with Gasteiger partial charge in [0.15, 0.2) is 0 Å². The fourth-order valence-electron chi connectivity index (χ4n) is 2.74. The van der Waals surface area contributed by atoms with Crippen LogP contribution < -0.4 is 4.87 Å². The van der Waals surface area contributed by atoms with Gasteiger partial charge < -0.3 is 5.11 Å². The van der Waals surface area contributed by atoms with Gasteiger partial charge in [-0.2, -0.15) is 0 Å². The van der Waals surface area contributed by atoms with Crippen LogP contribution in [0.15, 0.2) is 61.2 Å². The Morgan fingerprint density at radius 3 is 2.62 bits per heavy atom. The van der Waals surface area contributed by atoms with Gasteiger partial charge in [-0.3, -0.25) is 14.4 Å². The van der Waals surface area contributed by atoms with Gasteiger partial charge >= 0.3 is 4.87 Å². The minimum atomic E-state index is -0.193. The Morgan fingerprint density at radius 2 is 1.85 bits per heavy atom. The number of fused-ring (bicyclic) bond motifs is 1. The molecule has 7 heteroatoms. The third-order valence-electron chi connectivity index (χ3n) is 4.05. The van der Waals surface area contributed by atoms with Crippen molar-refractivity contribution in [2.45, 2.75) is 6.54 Å². The van der Waals surface area contributed by atoms with Crippen molar-refractivity contribution in [2.75, 3.05) is 0 Å². The number of allylic oxidation sites excluding steroid dienone is 1. The van der Waals surface area contributed by atoms with E-state index in [0.717, 1.165) is 42.7 Å². The summed E-state index contributed by atoms with van der Waals surface area (Å²) in [5.41, 5.74) is 3.66. The number of hydrogen-bond acceptors (Lipinski definition) is 4. The van der Waals surface area contributed by atoms with Crippen LogP contribution in [0, 0.1) is 0 Å². The summed E-state index contributed by atoms with van der Waals surface area (Å²) in [4.78, 5) is 17.1. The predicted octanol–water partition coefficient (Wildman–Crippen LogP) is 5.45. The molecule has 0 amide bonds. The highest BCUT2D eigenvalue weighted by Crippen LogP contribution is 2.36. The average molecular weight is 492 g/mol. The summed E-state index contributed by atoms with van der Waals surface area (Å²) in [7, 11) is 0. The molecule has 1 aliphatic heterocycles. The van der Waals surface area contributed by atoms with Gasteiger partial charge in [-0.15, -0.1) is 0 Å². The second kappa shape index (κ2) is 6.98. The summed E-state index contributed by atoms with van der Waals surface area (Å²) in [5.74, 6) is -0.0211. The van der Waals surface area contributed by atoms with Crippen LogP contribution in [0.5, 0.6) is 5.88 Å². The van der Waals surface area contributed by atoms with Gasteiger partial charge in [0.05, 0.1) is 17.1 Å². The molecule has 0 radical (unpaired) electrons. The van der Waals surface area contributed by atoms with E-state index in [1.165, 1.54) is 4.57 Å². The lowest BCUT2D eigenvalue weighted by Gasteiger charge is -2.04. The zero-order valence-corrected chi connectivity index (χ0v) is 17.3. The standard InChI is InChI=1S/C19H12Br2N2O2S/c20-13-3-1-11(2-4-13)10-23-18(24)17(26-19(23)25)7-12-9-22-16-6-5-14(21)8-15(12)16/h1-9,24H,10H2/b12-7+. The van der Waals surface area contributed by atoms with Crippen molar-refractivity contribution >= 4 is 66.7 Å². The van der Waals surface area contributed by atoms with E-state index >= 15 is 0 Å². The molecule has 0 unspecified atom stereocenters. The number of aromatic hydroxyl groups is 1. The van der Waals surface area contributed by atoms with Gasteiger partial charge in [0.2, 0.25) is 5.88 Å². The molecular weight excluding hydrogens is 480 g/mol. The van der Waals surface area contributed by atoms with Crippen molar-refractivity contribution in [1.82, 2.24) is 4.57 Å². The first-order chi connectivity index (χ1) is 12.5. The highest BCUT2D eigenvalue weighted by molar-refractivity contribution is 9.10. The van der Waals surface area contributed by atoms with E-state index in [1.54, 1.807) is 12.3 Å². The van der Waals surface area contributed by atoms with E-state index in [0.29, 0.717) is 11.4 Å². The molecule has 1 N–H and O–H groups in total. The minimum Gasteiger partial charge on any atom is -0.493 e. The second-order valence-corrected chi connectivity index (χ2v) is 8.61. The van der Waals surface area contributed by atoms with E-state index < -0.39 is 0 Å². The summed E-state index contributed by atoms with van der Waals surface area (Å²) in [6, 6.07) is 13.5. The monoisotopic (exact) mass is 490 g/mol. The molecule has 0 saturated carbocycles. The molecular formula is C19H12Br2N2O2S. The quantitative estimate of drug-likeness (QED) is 0.530. The van der Waals surface area contributed by atoms with Gasteiger partial charge in [-0.25, -0.2) is 0 Å². The van der Waals surface area contributed by atoms with Crippen molar-refractivity contribution in [3.8, 4) is 5.88 Å². The van der Waals surface area contributed by atoms with Gasteiger partial charge in [-0.1, -0.05) is 55.3 Å². The highest BCUT2D eigenvalue weighted by Gasteiger charge is 2.17. The fraction of sp³-hybridized carbons (Fsp3) is 0.0526. The maximum Gasteiger partial charge on any atom is 0.310 e. The van der Waals surface area contributed by atoms with Crippen LogP contribution in [0.2, 0.25) is 0 Å². The van der Waals surface area contributed by atoms with Crippen molar-refractivity contribution in [1.29, 1.82) is 0 Å². The molecule has 1 aromatic heterocycles. The molecule has 0 aliphatic carbocycles. The second-order valence-electron chi connectivity index (χ2n) is 5.79. The molecule has 26 heavy (non-hydrogen) atoms. The predicted molar refractivity (Wildman–Crippen MR) is 114 cm³/mol. The number of rotatable bonds is 3. The molecule has 0 spiro atoms. The molecule has 0 fully saturated rings. The number of hydrogen-bond donors (Lipinski definition) is 1. The van der Waals surface area contributed by atoms with Crippen LogP contribution in [0.3, 0.4) is 0 Å².